The molecular weight excluding hydrogens is 276 g/mol. The fourth-order valence-corrected chi connectivity index (χ4v) is 2.51. The number of nitrogens with zero attached hydrogens (tertiary/aromatic N) is 4. The van der Waals surface area contributed by atoms with Crippen LogP contribution in [0, 0.1) is 0 Å². The van der Waals surface area contributed by atoms with Crippen molar-refractivity contribution in [2.24, 2.45) is 0 Å². The molecule has 2 heterocycles. The van der Waals surface area contributed by atoms with E-state index in [9.17, 15) is 19.2 Å². The Bertz CT molecular complexity index is 374. The minimum atomic E-state index is -0.191. The van der Waals surface area contributed by atoms with E-state index in [1.807, 2.05) is 0 Å². The molecule has 4 amide bonds. The summed E-state index contributed by atoms with van der Waals surface area (Å²) in [5, 5.41) is 0. The zero-order valence-electron chi connectivity index (χ0n) is 11.9. The first-order valence-corrected chi connectivity index (χ1v) is 7.08. The van der Waals surface area contributed by atoms with Crippen LogP contribution < -0.4 is 0 Å². The van der Waals surface area contributed by atoms with Crippen molar-refractivity contribution >= 4 is 24.6 Å². The average Bonchev–Trinajstić information content (AvgIpc) is 2.55. The van der Waals surface area contributed by atoms with Crippen LogP contribution in [0.1, 0.15) is 6.42 Å². The first-order valence-electron chi connectivity index (χ1n) is 7.08. The van der Waals surface area contributed by atoms with Crippen molar-refractivity contribution in [1.82, 2.24) is 19.6 Å². The van der Waals surface area contributed by atoms with Gasteiger partial charge < -0.3 is 19.6 Å². The molecule has 2 rings (SSSR count). The zero-order chi connectivity index (χ0) is 15.2. The third-order valence-electron chi connectivity index (χ3n) is 3.93. The van der Waals surface area contributed by atoms with E-state index < -0.39 is 0 Å². The van der Waals surface area contributed by atoms with E-state index in [2.05, 4.69) is 0 Å². The maximum absolute atomic E-state index is 12.1. The van der Waals surface area contributed by atoms with Gasteiger partial charge in [-0.1, -0.05) is 0 Å². The molecule has 0 radical (unpaired) electrons. The van der Waals surface area contributed by atoms with Crippen molar-refractivity contribution in [1.29, 1.82) is 0 Å². The summed E-state index contributed by atoms with van der Waals surface area (Å²) >= 11 is 0. The minimum absolute atomic E-state index is 0.137. The molecule has 0 unspecified atom stereocenters. The highest BCUT2D eigenvalue weighted by Gasteiger charge is 2.26. The summed E-state index contributed by atoms with van der Waals surface area (Å²) in [5.74, 6) is -0.383. The standard InChI is InChI=1S/C13H20N4O4/c18-10-14-1-5-16(6-2-14)12(20)9-13(21)17-7-3-15(11-19)4-8-17/h10-11H,1-9H2. The number of hydrogen-bond donors (Lipinski definition) is 0. The van der Waals surface area contributed by atoms with E-state index in [-0.39, 0.29) is 18.2 Å². The quantitative estimate of drug-likeness (QED) is 0.443. The SMILES string of the molecule is O=CN1CCN(C(=O)CC(=O)N2CCN(C=O)CC2)CC1. The van der Waals surface area contributed by atoms with Crippen LogP contribution in [0.4, 0.5) is 0 Å². The van der Waals surface area contributed by atoms with E-state index in [4.69, 9.17) is 0 Å². The van der Waals surface area contributed by atoms with Gasteiger partial charge in [0.15, 0.2) is 0 Å². The van der Waals surface area contributed by atoms with Crippen molar-refractivity contribution in [2.45, 2.75) is 6.42 Å². The predicted molar refractivity (Wildman–Crippen MR) is 73.1 cm³/mol. The molecule has 0 spiro atoms. The topological polar surface area (TPSA) is 81.2 Å². The largest absolute Gasteiger partial charge is 0.342 e. The highest BCUT2D eigenvalue weighted by molar-refractivity contribution is 5.97. The Hall–Kier alpha value is -2.12. The number of piperazine rings is 2. The molecule has 21 heavy (non-hydrogen) atoms. The van der Waals surface area contributed by atoms with Crippen LogP contribution in [0.5, 0.6) is 0 Å². The lowest BCUT2D eigenvalue weighted by Gasteiger charge is -2.34. The first kappa shape index (κ1) is 15.3. The summed E-state index contributed by atoms with van der Waals surface area (Å²) in [4.78, 5) is 51.8. The molecular formula is C13H20N4O4. The fraction of sp³-hybridized carbons (Fsp3) is 0.692. The van der Waals surface area contributed by atoms with E-state index in [1.165, 1.54) is 0 Å². The lowest BCUT2D eigenvalue weighted by Crippen LogP contribution is -2.51. The first-order chi connectivity index (χ1) is 10.1. The van der Waals surface area contributed by atoms with Gasteiger partial charge in [0.05, 0.1) is 0 Å². The van der Waals surface area contributed by atoms with E-state index in [0.29, 0.717) is 52.4 Å². The zero-order valence-corrected chi connectivity index (χ0v) is 11.9. The maximum Gasteiger partial charge on any atom is 0.232 e. The van der Waals surface area contributed by atoms with Crippen molar-refractivity contribution in [2.75, 3.05) is 52.4 Å². The van der Waals surface area contributed by atoms with Crippen LogP contribution >= 0.6 is 0 Å². The Morgan fingerprint density at radius 2 is 1.00 bits per heavy atom. The van der Waals surface area contributed by atoms with Gasteiger partial charge in [-0.15, -0.1) is 0 Å². The van der Waals surface area contributed by atoms with Gasteiger partial charge in [-0.25, -0.2) is 0 Å². The summed E-state index contributed by atoms with van der Waals surface area (Å²) in [5.41, 5.74) is 0. The van der Waals surface area contributed by atoms with E-state index in [0.717, 1.165) is 12.8 Å². The number of amides is 4. The summed E-state index contributed by atoms with van der Waals surface area (Å²) in [6, 6.07) is 0. The molecule has 2 saturated heterocycles. The maximum atomic E-state index is 12.1. The summed E-state index contributed by atoms with van der Waals surface area (Å²) < 4.78 is 0. The van der Waals surface area contributed by atoms with Gasteiger partial charge in [0.2, 0.25) is 24.6 Å². The van der Waals surface area contributed by atoms with Crippen LogP contribution in [0.2, 0.25) is 0 Å². The molecule has 116 valence electrons. The average molecular weight is 296 g/mol. The molecule has 8 nitrogen and oxygen atoms in total. The molecule has 8 heteroatoms. The molecule has 0 bridgehead atoms. The predicted octanol–water partition coefficient (Wildman–Crippen LogP) is -2.02. The van der Waals surface area contributed by atoms with Crippen LogP contribution in [0.25, 0.3) is 0 Å². The van der Waals surface area contributed by atoms with E-state index in [1.54, 1.807) is 19.6 Å². The van der Waals surface area contributed by atoms with Gasteiger partial charge in [0.25, 0.3) is 0 Å². The van der Waals surface area contributed by atoms with Crippen LogP contribution in [-0.2, 0) is 19.2 Å². The molecule has 0 aromatic carbocycles. The second-order valence-electron chi connectivity index (χ2n) is 5.22. The van der Waals surface area contributed by atoms with Gasteiger partial charge in [0.1, 0.15) is 6.42 Å². The van der Waals surface area contributed by atoms with Crippen LogP contribution in [0.15, 0.2) is 0 Å². The number of carbonyl (C=O) groups is 4. The smallest absolute Gasteiger partial charge is 0.232 e. The minimum Gasteiger partial charge on any atom is -0.342 e. The van der Waals surface area contributed by atoms with Crippen LogP contribution in [0.3, 0.4) is 0 Å². The number of rotatable bonds is 4. The lowest BCUT2D eigenvalue weighted by atomic mass is 10.2. The Morgan fingerprint density at radius 1 is 0.667 bits per heavy atom. The van der Waals surface area contributed by atoms with Gasteiger partial charge in [-0.2, -0.15) is 0 Å². The Balaban J connectivity index is 1.76. The molecule has 0 aromatic heterocycles. The Morgan fingerprint density at radius 3 is 1.29 bits per heavy atom. The van der Waals surface area contributed by atoms with Crippen molar-refractivity contribution in [3.63, 3.8) is 0 Å². The second kappa shape index (κ2) is 7.05. The molecule has 2 aliphatic heterocycles. The van der Waals surface area contributed by atoms with Gasteiger partial charge >= 0.3 is 0 Å². The Labute approximate surface area is 123 Å². The van der Waals surface area contributed by atoms with Gasteiger partial charge in [-0.3, -0.25) is 19.2 Å². The summed E-state index contributed by atoms with van der Waals surface area (Å²) in [6.45, 7) is 3.97. The lowest BCUT2D eigenvalue weighted by molar-refractivity contribution is -0.144. The molecule has 2 fully saturated rings. The summed E-state index contributed by atoms with van der Waals surface area (Å²) in [6.07, 6.45) is 1.42. The van der Waals surface area contributed by atoms with E-state index >= 15 is 0 Å². The number of hydrogen-bond acceptors (Lipinski definition) is 4. The Kier molecular flexibility index (Phi) is 5.13. The molecule has 0 aliphatic carbocycles. The monoisotopic (exact) mass is 296 g/mol. The molecule has 0 N–H and O–H groups in total. The normalized spacial score (nSPS) is 19.4. The third-order valence-corrected chi connectivity index (χ3v) is 3.93. The van der Waals surface area contributed by atoms with Gasteiger partial charge in [0, 0.05) is 52.4 Å². The third kappa shape index (κ3) is 3.93. The molecule has 0 aromatic rings. The summed E-state index contributed by atoms with van der Waals surface area (Å²) in [7, 11) is 0. The second-order valence-corrected chi connectivity index (χ2v) is 5.22. The molecule has 0 atom stereocenters. The molecule has 0 saturated carbocycles. The molecule has 2 aliphatic rings. The van der Waals surface area contributed by atoms with Crippen molar-refractivity contribution in [3.8, 4) is 0 Å². The highest BCUT2D eigenvalue weighted by Crippen LogP contribution is 2.06. The highest BCUT2D eigenvalue weighted by atomic mass is 16.2. The number of carbonyl (C=O) groups excluding carboxylic acids is 4. The van der Waals surface area contributed by atoms with Crippen LogP contribution in [-0.4, -0.2) is 96.6 Å². The van der Waals surface area contributed by atoms with Crippen molar-refractivity contribution in [3.05, 3.63) is 0 Å². The fourth-order valence-electron chi connectivity index (χ4n) is 2.51. The van der Waals surface area contributed by atoms with Gasteiger partial charge in [-0.05, 0) is 0 Å². The van der Waals surface area contributed by atoms with Crippen molar-refractivity contribution < 1.29 is 19.2 Å².